The highest BCUT2D eigenvalue weighted by molar-refractivity contribution is 7.25. The predicted octanol–water partition coefficient (Wildman–Crippen LogP) is 3.64. The molecule has 0 saturated carbocycles. The van der Waals surface area contributed by atoms with E-state index in [1.807, 2.05) is 23.0 Å². The molecule has 4 rings (SSSR count). The van der Waals surface area contributed by atoms with Crippen LogP contribution >= 0.6 is 11.3 Å². The van der Waals surface area contributed by atoms with Gasteiger partial charge in [-0.2, -0.15) is 0 Å². The molecule has 0 unspecified atom stereocenters. The van der Waals surface area contributed by atoms with E-state index >= 15 is 0 Å². The van der Waals surface area contributed by atoms with Crippen LogP contribution in [0, 0.1) is 6.92 Å². The average molecular weight is 292 g/mol. The number of benzene rings is 2. The first-order valence-corrected chi connectivity index (χ1v) is 7.63. The summed E-state index contributed by atoms with van der Waals surface area (Å²) in [6.45, 7) is 2.14. The van der Waals surface area contributed by atoms with Crippen molar-refractivity contribution < 1.29 is 4.57 Å². The van der Waals surface area contributed by atoms with Gasteiger partial charge in [0.05, 0.1) is 12.6 Å². The van der Waals surface area contributed by atoms with Gasteiger partial charge in [-0.05, 0) is 30.7 Å². The third kappa shape index (κ3) is 1.91. The van der Waals surface area contributed by atoms with Gasteiger partial charge in [-0.15, -0.1) is 11.3 Å². The van der Waals surface area contributed by atoms with Crippen LogP contribution in [0.5, 0.6) is 0 Å². The number of fused-ring (bicyclic) bond motifs is 3. The van der Waals surface area contributed by atoms with Crippen LogP contribution in [0.2, 0.25) is 0 Å². The summed E-state index contributed by atoms with van der Waals surface area (Å²) in [4.78, 5) is 8.49. The summed E-state index contributed by atoms with van der Waals surface area (Å²) in [5, 5.41) is 2.62. The van der Waals surface area contributed by atoms with E-state index in [9.17, 15) is 0 Å². The molecule has 102 valence electrons. The lowest BCUT2D eigenvalue weighted by Gasteiger charge is -2.04. The van der Waals surface area contributed by atoms with E-state index in [-0.39, 0.29) is 0 Å². The van der Waals surface area contributed by atoms with Crippen LogP contribution in [0.25, 0.3) is 31.6 Å². The molecule has 0 atom stereocenters. The molecule has 0 aliphatic carbocycles. The molecule has 4 aromatic rings. The lowest BCUT2D eigenvalue weighted by atomic mass is 10.0. The third-order valence-corrected chi connectivity index (χ3v) is 4.92. The van der Waals surface area contributed by atoms with Crippen molar-refractivity contribution in [1.82, 2.24) is 9.97 Å². The standard InChI is InChI=1S/C17H14N3S/c1-11-7-16-14(12-5-3-4-6-15(12)21-16)8-13(11)17-19-9-18-10-20(17)2/h3-10H,1-2H3/q+1. The molecule has 0 radical (unpaired) electrons. The van der Waals surface area contributed by atoms with Crippen LogP contribution in [0.15, 0.2) is 49.1 Å². The van der Waals surface area contributed by atoms with Crippen molar-refractivity contribution in [3.05, 3.63) is 54.6 Å². The van der Waals surface area contributed by atoms with E-state index in [0.29, 0.717) is 0 Å². The van der Waals surface area contributed by atoms with Crippen molar-refractivity contribution in [3.8, 4) is 11.4 Å². The molecule has 2 aromatic carbocycles. The number of hydrogen-bond donors (Lipinski definition) is 0. The van der Waals surface area contributed by atoms with Gasteiger partial charge < -0.3 is 0 Å². The molecular weight excluding hydrogens is 278 g/mol. The number of aromatic nitrogens is 3. The highest BCUT2D eigenvalue weighted by Crippen LogP contribution is 2.36. The zero-order chi connectivity index (χ0) is 14.4. The Morgan fingerprint density at radius 3 is 2.76 bits per heavy atom. The van der Waals surface area contributed by atoms with E-state index in [1.54, 1.807) is 12.7 Å². The normalized spacial score (nSPS) is 11.3. The molecule has 0 saturated heterocycles. The second-order valence-corrected chi connectivity index (χ2v) is 6.29. The second kappa shape index (κ2) is 4.60. The fourth-order valence-corrected chi connectivity index (χ4v) is 3.92. The van der Waals surface area contributed by atoms with E-state index in [0.717, 1.165) is 11.4 Å². The van der Waals surface area contributed by atoms with Gasteiger partial charge in [-0.1, -0.05) is 28.2 Å². The summed E-state index contributed by atoms with van der Waals surface area (Å²) in [5.74, 6) is 0.944. The molecule has 3 nitrogen and oxygen atoms in total. The molecule has 4 heteroatoms. The molecular formula is C17H14N3S+. The molecule has 2 aromatic heterocycles. The molecule has 0 bridgehead atoms. The zero-order valence-electron chi connectivity index (χ0n) is 11.9. The Hall–Kier alpha value is -2.33. The number of thiophene rings is 1. The smallest absolute Gasteiger partial charge is 0.236 e. The third-order valence-electron chi connectivity index (χ3n) is 3.79. The van der Waals surface area contributed by atoms with Crippen LogP contribution in [0.4, 0.5) is 0 Å². The highest BCUT2D eigenvalue weighted by Gasteiger charge is 2.15. The van der Waals surface area contributed by atoms with Gasteiger partial charge in [-0.3, -0.25) is 0 Å². The largest absolute Gasteiger partial charge is 0.273 e. The first-order chi connectivity index (χ1) is 10.2. The van der Waals surface area contributed by atoms with Gasteiger partial charge in [0, 0.05) is 20.2 Å². The quantitative estimate of drug-likeness (QED) is 0.501. The summed E-state index contributed by atoms with van der Waals surface area (Å²) >= 11 is 1.84. The SMILES string of the molecule is Cc1cc2sc3ccccc3c2cc1-c1ncnc[n+]1C. The molecule has 0 fully saturated rings. The Morgan fingerprint density at radius 1 is 1.05 bits per heavy atom. The second-order valence-electron chi connectivity index (χ2n) is 5.21. The maximum absolute atomic E-state index is 4.44. The lowest BCUT2D eigenvalue weighted by molar-refractivity contribution is -0.666. The monoisotopic (exact) mass is 292 g/mol. The summed E-state index contributed by atoms with van der Waals surface area (Å²) in [5.41, 5.74) is 2.40. The fourth-order valence-electron chi connectivity index (χ4n) is 2.74. The predicted molar refractivity (Wildman–Crippen MR) is 86.3 cm³/mol. The van der Waals surface area contributed by atoms with E-state index in [4.69, 9.17) is 0 Å². The molecule has 21 heavy (non-hydrogen) atoms. The fraction of sp³-hybridized carbons (Fsp3) is 0.118. The van der Waals surface area contributed by atoms with Crippen LogP contribution in [-0.2, 0) is 7.05 Å². The van der Waals surface area contributed by atoms with Gasteiger partial charge in [-0.25, -0.2) is 4.57 Å². The molecule has 0 spiro atoms. The van der Waals surface area contributed by atoms with E-state index in [2.05, 4.69) is 53.3 Å². The van der Waals surface area contributed by atoms with Crippen molar-refractivity contribution in [3.63, 3.8) is 0 Å². The van der Waals surface area contributed by atoms with Crippen molar-refractivity contribution in [2.75, 3.05) is 0 Å². The Kier molecular flexibility index (Phi) is 2.72. The number of hydrogen-bond acceptors (Lipinski definition) is 3. The Morgan fingerprint density at radius 2 is 1.90 bits per heavy atom. The maximum Gasteiger partial charge on any atom is 0.273 e. The maximum atomic E-state index is 4.44. The Labute approximate surface area is 126 Å². The summed E-state index contributed by atoms with van der Waals surface area (Å²) in [6.07, 6.45) is 3.39. The molecule has 0 amide bonds. The van der Waals surface area contributed by atoms with Crippen LogP contribution < -0.4 is 4.57 Å². The number of nitrogens with zero attached hydrogens (tertiary/aromatic N) is 3. The van der Waals surface area contributed by atoms with Gasteiger partial charge in [0.2, 0.25) is 6.33 Å². The first kappa shape index (κ1) is 12.4. The summed E-state index contributed by atoms with van der Waals surface area (Å²) in [7, 11) is 1.98. The molecule has 0 aliphatic heterocycles. The van der Waals surface area contributed by atoms with Crippen LogP contribution in [0.3, 0.4) is 0 Å². The highest BCUT2D eigenvalue weighted by atomic mass is 32.1. The molecule has 0 aliphatic rings. The van der Waals surface area contributed by atoms with Crippen molar-refractivity contribution in [1.29, 1.82) is 0 Å². The van der Waals surface area contributed by atoms with Crippen LogP contribution in [0.1, 0.15) is 5.56 Å². The number of rotatable bonds is 1. The summed E-state index contributed by atoms with van der Waals surface area (Å²) < 4.78 is 4.62. The lowest BCUT2D eigenvalue weighted by Crippen LogP contribution is -2.32. The van der Waals surface area contributed by atoms with E-state index < -0.39 is 0 Å². The molecule has 0 N–H and O–H groups in total. The van der Waals surface area contributed by atoms with Crippen molar-refractivity contribution in [2.24, 2.45) is 7.05 Å². The topological polar surface area (TPSA) is 29.7 Å². The Balaban J connectivity index is 2.08. The summed E-state index contributed by atoms with van der Waals surface area (Å²) in [6, 6.07) is 13.1. The minimum atomic E-state index is 0.944. The zero-order valence-corrected chi connectivity index (χ0v) is 12.7. The first-order valence-electron chi connectivity index (χ1n) is 6.82. The van der Waals surface area contributed by atoms with Crippen molar-refractivity contribution in [2.45, 2.75) is 6.92 Å². The minimum absolute atomic E-state index is 0.944. The van der Waals surface area contributed by atoms with E-state index in [1.165, 1.54) is 25.7 Å². The van der Waals surface area contributed by atoms with Gasteiger partial charge >= 0.3 is 0 Å². The molecule has 2 heterocycles. The minimum Gasteiger partial charge on any atom is -0.236 e. The van der Waals surface area contributed by atoms with Crippen molar-refractivity contribution >= 4 is 31.5 Å². The van der Waals surface area contributed by atoms with Gasteiger partial charge in [0.1, 0.15) is 0 Å². The van der Waals surface area contributed by atoms with Gasteiger partial charge in [0.15, 0.2) is 0 Å². The number of aryl methyl sites for hydroxylation is 2. The average Bonchev–Trinajstić information content (AvgIpc) is 2.84. The van der Waals surface area contributed by atoms with Gasteiger partial charge in [0.25, 0.3) is 12.2 Å². The van der Waals surface area contributed by atoms with Crippen LogP contribution in [-0.4, -0.2) is 9.97 Å². The Bertz CT molecular complexity index is 972.